The summed E-state index contributed by atoms with van der Waals surface area (Å²) in [7, 11) is 0. The van der Waals surface area contributed by atoms with Crippen LogP contribution in [0.1, 0.15) is 25.0 Å². The zero-order valence-corrected chi connectivity index (χ0v) is 31.0. The summed E-state index contributed by atoms with van der Waals surface area (Å²) >= 11 is 3.85. The Bertz CT molecular complexity index is 3310. The molecule has 1 aliphatic carbocycles. The fourth-order valence-corrected chi connectivity index (χ4v) is 12.3. The maximum atomic E-state index is 2.49. The van der Waals surface area contributed by atoms with E-state index < -0.39 is 0 Å². The molecule has 53 heavy (non-hydrogen) atoms. The van der Waals surface area contributed by atoms with Crippen molar-refractivity contribution in [3.05, 3.63) is 169 Å². The topological polar surface area (TPSA) is 0 Å². The largest absolute Gasteiger partial charge is 0.135 e. The first kappa shape index (κ1) is 29.7. The second kappa shape index (κ2) is 10.6. The summed E-state index contributed by atoms with van der Waals surface area (Å²) in [6.07, 6.45) is 0. The number of hydrogen-bond donors (Lipinski definition) is 0. The van der Waals surface area contributed by atoms with Crippen LogP contribution in [0.3, 0.4) is 0 Å². The van der Waals surface area contributed by atoms with E-state index in [0.29, 0.717) is 0 Å². The Hall–Kier alpha value is -5.80. The number of rotatable bonds is 2. The van der Waals surface area contributed by atoms with Gasteiger partial charge in [0.25, 0.3) is 0 Å². The van der Waals surface area contributed by atoms with Crippen molar-refractivity contribution in [2.24, 2.45) is 0 Å². The van der Waals surface area contributed by atoms with E-state index in [1.54, 1.807) is 0 Å². The molecule has 2 heterocycles. The molecule has 0 bridgehead atoms. The van der Waals surface area contributed by atoms with Gasteiger partial charge in [-0.2, -0.15) is 0 Å². The molecule has 0 spiro atoms. The summed E-state index contributed by atoms with van der Waals surface area (Å²) in [4.78, 5) is 0. The fraction of sp³-hybridized carbons (Fsp3) is 0.0588. The Morgan fingerprint density at radius 1 is 0.377 bits per heavy atom. The number of thiophene rings is 2. The summed E-state index contributed by atoms with van der Waals surface area (Å²) in [6, 6.07) is 59.5. The lowest BCUT2D eigenvalue weighted by Crippen LogP contribution is -2.15. The van der Waals surface area contributed by atoms with Gasteiger partial charge in [-0.1, -0.05) is 147 Å². The third-order valence-corrected chi connectivity index (χ3v) is 14.4. The van der Waals surface area contributed by atoms with Crippen molar-refractivity contribution < 1.29 is 0 Å². The first-order valence-electron chi connectivity index (χ1n) is 18.4. The molecule has 9 aromatic carbocycles. The third-order valence-electron chi connectivity index (χ3n) is 12.0. The highest BCUT2D eigenvalue weighted by Crippen LogP contribution is 2.56. The average Bonchev–Trinajstić information content (AvgIpc) is 3.84. The van der Waals surface area contributed by atoms with Crippen molar-refractivity contribution in [1.82, 2.24) is 0 Å². The van der Waals surface area contributed by atoms with E-state index in [4.69, 9.17) is 0 Å². The van der Waals surface area contributed by atoms with E-state index in [0.717, 1.165) is 0 Å². The molecule has 0 nitrogen and oxygen atoms in total. The van der Waals surface area contributed by atoms with Crippen LogP contribution in [0.4, 0.5) is 0 Å². The molecule has 0 saturated heterocycles. The van der Waals surface area contributed by atoms with E-state index in [1.165, 1.54) is 117 Å². The van der Waals surface area contributed by atoms with E-state index >= 15 is 0 Å². The van der Waals surface area contributed by atoms with Gasteiger partial charge in [-0.05, 0) is 101 Å². The van der Waals surface area contributed by atoms with Gasteiger partial charge < -0.3 is 0 Å². The first-order chi connectivity index (χ1) is 26.0. The molecule has 12 rings (SSSR count). The second-order valence-corrected chi connectivity index (χ2v) is 17.3. The van der Waals surface area contributed by atoms with Crippen LogP contribution in [0.5, 0.6) is 0 Å². The van der Waals surface area contributed by atoms with Crippen molar-refractivity contribution in [3.8, 4) is 33.4 Å². The van der Waals surface area contributed by atoms with Crippen molar-refractivity contribution in [2.75, 3.05) is 0 Å². The molecule has 0 atom stereocenters. The molecule has 0 aliphatic heterocycles. The minimum Gasteiger partial charge on any atom is -0.135 e. The highest BCUT2D eigenvalue weighted by atomic mass is 32.1. The van der Waals surface area contributed by atoms with Crippen molar-refractivity contribution in [2.45, 2.75) is 19.3 Å². The van der Waals surface area contributed by atoms with Crippen LogP contribution < -0.4 is 0 Å². The van der Waals surface area contributed by atoms with E-state index in [1.807, 2.05) is 22.7 Å². The molecule has 1 aliphatic rings. The zero-order chi connectivity index (χ0) is 35.0. The molecule has 0 unspecified atom stereocenters. The Morgan fingerprint density at radius 2 is 0.943 bits per heavy atom. The van der Waals surface area contributed by atoms with E-state index in [-0.39, 0.29) is 5.41 Å². The Morgan fingerprint density at radius 3 is 1.68 bits per heavy atom. The Balaban J connectivity index is 1.10. The zero-order valence-electron chi connectivity index (χ0n) is 29.3. The van der Waals surface area contributed by atoms with Crippen LogP contribution in [-0.4, -0.2) is 0 Å². The van der Waals surface area contributed by atoms with Gasteiger partial charge in [0.15, 0.2) is 0 Å². The Labute approximate surface area is 315 Å². The van der Waals surface area contributed by atoms with Crippen LogP contribution in [0.2, 0.25) is 0 Å². The van der Waals surface area contributed by atoms with Gasteiger partial charge in [-0.25, -0.2) is 0 Å². The molecule has 0 radical (unpaired) electrons. The van der Waals surface area contributed by atoms with Gasteiger partial charge in [0.1, 0.15) is 0 Å². The van der Waals surface area contributed by atoms with Gasteiger partial charge in [0, 0.05) is 45.8 Å². The molecule has 0 saturated carbocycles. The lowest BCUT2D eigenvalue weighted by molar-refractivity contribution is 0.667. The average molecular weight is 709 g/mol. The summed E-state index contributed by atoms with van der Waals surface area (Å²) in [5.74, 6) is 0. The first-order valence-corrected chi connectivity index (χ1v) is 20.1. The summed E-state index contributed by atoms with van der Waals surface area (Å²) in [6.45, 7) is 4.85. The molecule has 0 N–H and O–H groups in total. The molecular formula is C51H32S2. The van der Waals surface area contributed by atoms with E-state index in [9.17, 15) is 0 Å². The molecule has 0 amide bonds. The molecular weight excluding hydrogens is 677 g/mol. The summed E-state index contributed by atoms with van der Waals surface area (Å²) in [5.41, 5.74) is 10.7. The number of hydrogen-bond acceptors (Lipinski definition) is 2. The van der Waals surface area contributed by atoms with Crippen LogP contribution in [-0.2, 0) is 5.41 Å². The van der Waals surface area contributed by atoms with E-state index in [2.05, 4.69) is 172 Å². The smallest absolute Gasteiger partial charge is 0.0433 e. The minimum atomic E-state index is -0.113. The molecule has 2 heteroatoms. The van der Waals surface area contributed by atoms with Gasteiger partial charge in [-0.3, -0.25) is 0 Å². The standard InChI is InChI=1S/C51H32S2/c1-51(2)43-25-20-30(27-41(43)38-23-24-40-39-22-19-29-11-3-4-12-32(29)49(39)53-50(40)48(38)51)46-34-14-5-7-16-36(34)47(37-17-8-6-15-35(37)46)31-21-26-45-42(28-31)33-13-9-10-18-44(33)52-45/h3-28H,1-2H3. The highest BCUT2D eigenvalue weighted by molar-refractivity contribution is 7.27. The maximum Gasteiger partial charge on any atom is 0.0433 e. The van der Waals surface area contributed by atoms with Gasteiger partial charge >= 0.3 is 0 Å². The second-order valence-electron chi connectivity index (χ2n) is 15.2. The lowest BCUT2D eigenvalue weighted by Gasteiger charge is -2.22. The van der Waals surface area contributed by atoms with Gasteiger partial charge in [-0.15, -0.1) is 22.7 Å². The lowest BCUT2D eigenvalue weighted by atomic mass is 9.81. The van der Waals surface area contributed by atoms with Gasteiger partial charge in [0.2, 0.25) is 0 Å². The SMILES string of the molecule is CC1(C)c2ccc(-c3c4ccccc4c(-c4ccc5sc6ccccc6c5c4)c4ccccc34)cc2-c2ccc3c(sc4c5ccccc5ccc34)c21. The van der Waals surface area contributed by atoms with Crippen LogP contribution in [0, 0.1) is 0 Å². The highest BCUT2D eigenvalue weighted by Gasteiger charge is 2.38. The molecule has 11 aromatic rings. The normalized spacial score (nSPS) is 13.6. The molecule has 248 valence electrons. The molecule has 2 aromatic heterocycles. The van der Waals surface area contributed by atoms with Crippen LogP contribution in [0.25, 0.3) is 106 Å². The minimum absolute atomic E-state index is 0.113. The number of benzene rings is 9. The summed E-state index contributed by atoms with van der Waals surface area (Å²) < 4.78 is 5.49. The predicted molar refractivity (Wildman–Crippen MR) is 233 cm³/mol. The third kappa shape index (κ3) is 4.00. The van der Waals surface area contributed by atoms with Crippen molar-refractivity contribution in [1.29, 1.82) is 0 Å². The van der Waals surface area contributed by atoms with Crippen LogP contribution >= 0.6 is 22.7 Å². The van der Waals surface area contributed by atoms with Crippen LogP contribution in [0.15, 0.2) is 158 Å². The monoisotopic (exact) mass is 708 g/mol. The van der Waals surface area contributed by atoms with Crippen molar-refractivity contribution in [3.63, 3.8) is 0 Å². The molecule has 0 fully saturated rings. The predicted octanol–water partition coefficient (Wildman–Crippen LogP) is 15.5. The fourth-order valence-electron chi connectivity index (χ4n) is 9.65. The van der Waals surface area contributed by atoms with Crippen molar-refractivity contribution >= 4 is 95.3 Å². The van der Waals surface area contributed by atoms with Gasteiger partial charge in [0.05, 0.1) is 0 Å². The Kier molecular flexibility index (Phi) is 5.97. The quantitative estimate of drug-likeness (QED) is 0.157. The maximum absolute atomic E-state index is 2.49. The number of fused-ring (bicyclic) bond motifs is 14. The summed E-state index contributed by atoms with van der Waals surface area (Å²) in [5, 5.41) is 13.2.